The van der Waals surface area contributed by atoms with E-state index in [0.717, 1.165) is 6.42 Å². The summed E-state index contributed by atoms with van der Waals surface area (Å²) in [4.78, 5) is 11.2. The van der Waals surface area contributed by atoms with E-state index in [-0.39, 0.29) is 12.2 Å². The van der Waals surface area contributed by atoms with Crippen molar-refractivity contribution in [1.29, 1.82) is 0 Å². The van der Waals surface area contributed by atoms with Crippen LogP contribution >= 0.6 is 12.2 Å². The van der Waals surface area contributed by atoms with Gasteiger partial charge in [-0.3, -0.25) is 4.79 Å². The van der Waals surface area contributed by atoms with Crippen molar-refractivity contribution in [2.45, 2.75) is 19.6 Å². The molecule has 0 aliphatic rings. The van der Waals surface area contributed by atoms with Gasteiger partial charge >= 0.3 is 0 Å². The molecule has 0 atom stereocenters. The van der Waals surface area contributed by atoms with E-state index in [0.29, 0.717) is 30.3 Å². The molecule has 0 aromatic heterocycles. The Morgan fingerprint density at radius 1 is 1.21 bits per heavy atom. The number of carbonyl (C=O) groups is 1. The van der Waals surface area contributed by atoms with Gasteiger partial charge in [0.25, 0.3) is 0 Å². The molecule has 3 N–H and O–H groups in total. The van der Waals surface area contributed by atoms with Crippen molar-refractivity contribution in [3.05, 3.63) is 12.2 Å². The Morgan fingerprint density at radius 2 is 1.79 bits per heavy atom. The molecule has 7 heteroatoms. The zero-order chi connectivity index (χ0) is 14.7. The van der Waals surface area contributed by atoms with E-state index >= 15 is 0 Å². The van der Waals surface area contributed by atoms with Crippen LogP contribution < -0.4 is 16.0 Å². The standard InChI is InChI=1S/C12H23N3O3S/c1-9(2)11(16)13-6-5-7-14-12(19)15-8-10(17-3)18-4/h10H,1,5-8H2,2-4H3,(H,13,16)(H2,14,15,19). The van der Waals surface area contributed by atoms with Crippen LogP contribution in [0.25, 0.3) is 0 Å². The van der Waals surface area contributed by atoms with Crippen LogP contribution in [-0.2, 0) is 14.3 Å². The number of rotatable bonds is 9. The summed E-state index contributed by atoms with van der Waals surface area (Å²) in [7, 11) is 3.13. The Labute approximate surface area is 119 Å². The Balaban J connectivity index is 3.53. The first-order valence-corrected chi connectivity index (χ1v) is 6.43. The highest BCUT2D eigenvalue weighted by atomic mass is 32.1. The molecule has 0 fully saturated rings. The number of hydrogen-bond acceptors (Lipinski definition) is 4. The average molecular weight is 289 g/mol. The normalized spacial score (nSPS) is 10.1. The fourth-order valence-electron chi connectivity index (χ4n) is 1.14. The predicted molar refractivity (Wildman–Crippen MR) is 78.9 cm³/mol. The van der Waals surface area contributed by atoms with Crippen LogP contribution in [0.1, 0.15) is 13.3 Å². The van der Waals surface area contributed by atoms with Gasteiger partial charge in [0, 0.05) is 32.9 Å². The molecule has 0 saturated carbocycles. The highest BCUT2D eigenvalue weighted by Gasteiger charge is 2.05. The van der Waals surface area contributed by atoms with Gasteiger partial charge in [0.15, 0.2) is 11.4 Å². The van der Waals surface area contributed by atoms with E-state index in [1.807, 2.05) is 0 Å². The lowest BCUT2D eigenvalue weighted by Crippen LogP contribution is -2.41. The Kier molecular flexibility index (Phi) is 10.1. The molecule has 110 valence electrons. The fourth-order valence-corrected chi connectivity index (χ4v) is 1.33. The minimum Gasteiger partial charge on any atom is -0.363 e. The summed E-state index contributed by atoms with van der Waals surface area (Å²) in [6.45, 7) is 6.97. The minimum absolute atomic E-state index is 0.122. The number of ether oxygens (including phenoxy) is 2. The topological polar surface area (TPSA) is 71.6 Å². The molecule has 6 nitrogen and oxygen atoms in total. The molecule has 19 heavy (non-hydrogen) atoms. The second kappa shape index (κ2) is 10.7. The molecule has 0 aromatic carbocycles. The molecule has 0 spiro atoms. The number of thiocarbonyl (C=S) groups is 1. The summed E-state index contributed by atoms with van der Waals surface area (Å²) in [5.74, 6) is -0.122. The number of carbonyl (C=O) groups excluding carboxylic acids is 1. The molecule has 0 bridgehead atoms. The summed E-state index contributed by atoms with van der Waals surface area (Å²) in [6, 6.07) is 0. The maximum atomic E-state index is 11.2. The van der Waals surface area contributed by atoms with Crippen molar-refractivity contribution in [1.82, 2.24) is 16.0 Å². The quantitative estimate of drug-likeness (QED) is 0.243. The average Bonchev–Trinajstić information content (AvgIpc) is 2.39. The lowest BCUT2D eigenvalue weighted by molar-refractivity contribution is -0.117. The first kappa shape index (κ1) is 17.8. The number of amides is 1. The van der Waals surface area contributed by atoms with E-state index < -0.39 is 0 Å². The van der Waals surface area contributed by atoms with Gasteiger partial charge < -0.3 is 25.4 Å². The second-order valence-electron chi connectivity index (χ2n) is 3.93. The van der Waals surface area contributed by atoms with E-state index in [2.05, 4.69) is 22.5 Å². The molecule has 0 aromatic rings. The predicted octanol–water partition coefficient (Wildman–Crippen LogP) is 0.152. The molecular weight excluding hydrogens is 266 g/mol. The van der Waals surface area contributed by atoms with Crippen LogP contribution in [0.5, 0.6) is 0 Å². The van der Waals surface area contributed by atoms with Crippen molar-refractivity contribution in [2.24, 2.45) is 0 Å². The molecule has 0 aliphatic heterocycles. The maximum Gasteiger partial charge on any atom is 0.246 e. The van der Waals surface area contributed by atoms with E-state index in [9.17, 15) is 4.79 Å². The van der Waals surface area contributed by atoms with Gasteiger partial charge in [-0.25, -0.2) is 0 Å². The van der Waals surface area contributed by atoms with Crippen molar-refractivity contribution in [3.63, 3.8) is 0 Å². The third-order valence-corrected chi connectivity index (χ3v) is 2.56. The summed E-state index contributed by atoms with van der Waals surface area (Å²) in [6.07, 6.45) is 0.452. The van der Waals surface area contributed by atoms with E-state index in [1.54, 1.807) is 21.1 Å². The van der Waals surface area contributed by atoms with Gasteiger partial charge in [-0.1, -0.05) is 6.58 Å². The fraction of sp³-hybridized carbons (Fsp3) is 0.667. The Bertz CT molecular complexity index is 307. The highest BCUT2D eigenvalue weighted by Crippen LogP contribution is 1.88. The molecule has 0 saturated heterocycles. The van der Waals surface area contributed by atoms with E-state index in [4.69, 9.17) is 21.7 Å². The maximum absolute atomic E-state index is 11.2. The van der Waals surface area contributed by atoms with Crippen molar-refractivity contribution >= 4 is 23.2 Å². The van der Waals surface area contributed by atoms with Gasteiger partial charge in [0.2, 0.25) is 5.91 Å². The molecule has 0 heterocycles. The van der Waals surface area contributed by atoms with Crippen LogP contribution in [0.4, 0.5) is 0 Å². The second-order valence-corrected chi connectivity index (χ2v) is 4.34. The van der Waals surface area contributed by atoms with Crippen molar-refractivity contribution in [2.75, 3.05) is 33.9 Å². The monoisotopic (exact) mass is 289 g/mol. The SMILES string of the molecule is C=C(C)C(=O)NCCCNC(=S)NCC(OC)OC. The summed E-state index contributed by atoms with van der Waals surface area (Å²) >= 11 is 5.08. The van der Waals surface area contributed by atoms with Gasteiger partial charge in [-0.05, 0) is 25.6 Å². The summed E-state index contributed by atoms with van der Waals surface area (Å²) < 4.78 is 10.0. The first-order valence-electron chi connectivity index (χ1n) is 6.02. The lowest BCUT2D eigenvalue weighted by Gasteiger charge is -2.16. The van der Waals surface area contributed by atoms with Crippen molar-refractivity contribution < 1.29 is 14.3 Å². The van der Waals surface area contributed by atoms with Crippen LogP contribution in [0.15, 0.2) is 12.2 Å². The third-order valence-electron chi connectivity index (χ3n) is 2.27. The Hall–Kier alpha value is -1.18. The summed E-state index contributed by atoms with van der Waals surface area (Å²) in [5, 5.41) is 9.27. The van der Waals surface area contributed by atoms with Gasteiger partial charge in [-0.2, -0.15) is 0 Å². The molecule has 0 rings (SSSR count). The molecular formula is C12H23N3O3S. The van der Waals surface area contributed by atoms with E-state index in [1.165, 1.54) is 0 Å². The third kappa shape index (κ3) is 9.40. The minimum atomic E-state index is -0.324. The highest BCUT2D eigenvalue weighted by molar-refractivity contribution is 7.80. The van der Waals surface area contributed by atoms with Crippen LogP contribution in [0.2, 0.25) is 0 Å². The zero-order valence-electron chi connectivity index (χ0n) is 11.7. The first-order chi connectivity index (χ1) is 9.01. The van der Waals surface area contributed by atoms with Crippen molar-refractivity contribution in [3.8, 4) is 0 Å². The molecule has 1 amide bonds. The van der Waals surface area contributed by atoms with Gasteiger partial charge in [-0.15, -0.1) is 0 Å². The van der Waals surface area contributed by atoms with Crippen LogP contribution in [-0.4, -0.2) is 51.2 Å². The number of hydrogen-bond donors (Lipinski definition) is 3. The number of nitrogens with one attached hydrogen (secondary N) is 3. The van der Waals surface area contributed by atoms with Gasteiger partial charge in [0.1, 0.15) is 0 Å². The molecule has 0 radical (unpaired) electrons. The number of methoxy groups -OCH3 is 2. The van der Waals surface area contributed by atoms with Gasteiger partial charge in [0.05, 0.1) is 6.54 Å². The molecule has 0 unspecified atom stereocenters. The zero-order valence-corrected chi connectivity index (χ0v) is 12.6. The summed E-state index contributed by atoms with van der Waals surface area (Å²) in [5.41, 5.74) is 0.510. The van der Waals surface area contributed by atoms with Crippen LogP contribution in [0.3, 0.4) is 0 Å². The Morgan fingerprint density at radius 3 is 2.32 bits per heavy atom. The lowest BCUT2D eigenvalue weighted by atomic mass is 10.3. The molecule has 0 aliphatic carbocycles. The largest absolute Gasteiger partial charge is 0.363 e. The smallest absolute Gasteiger partial charge is 0.246 e. The van der Waals surface area contributed by atoms with Crippen LogP contribution in [0, 0.1) is 0 Å².